The summed E-state index contributed by atoms with van der Waals surface area (Å²) in [6.45, 7) is 9.73. The largest absolute Gasteiger partial charge is 0.390 e. The fraction of sp³-hybridized carbons (Fsp3) is 1.00. The van der Waals surface area contributed by atoms with Crippen molar-refractivity contribution in [3.63, 3.8) is 0 Å². The Balaban J connectivity index is 1.77. The van der Waals surface area contributed by atoms with Crippen LogP contribution in [0.3, 0.4) is 0 Å². The van der Waals surface area contributed by atoms with E-state index < -0.39 is 0 Å². The molecular formula is C11H23N3O. The summed E-state index contributed by atoms with van der Waals surface area (Å²) in [7, 11) is 0. The van der Waals surface area contributed by atoms with Gasteiger partial charge in [0.05, 0.1) is 6.10 Å². The molecule has 4 heteroatoms. The summed E-state index contributed by atoms with van der Waals surface area (Å²) < 4.78 is 0. The van der Waals surface area contributed by atoms with Crippen molar-refractivity contribution in [1.82, 2.24) is 15.1 Å². The van der Waals surface area contributed by atoms with E-state index in [4.69, 9.17) is 0 Å². The number of nitrogens with zero attached hydrogens (tertiary/aromatic N) is 2. The SMILES string of the molecule is CCCN1CCN(C2CNCC2O)CC1. The number of rotatable bonds is 3. The van der Waals surface area contributed by atoms with E-state index >= 15 is 0 Å². The smallest absolute Gasteiger partial charge is 0.0831 e. The molecule has 0 aromatic heterocycles. The first kappa shape index (κ1) is 11.3. The van der Waals surface area contributed by atoms with Crippen LogP contribution in [0.4, 0.5) is 0 Å². The van der Waals surface area contributed by atoms with Gasteiger partial charge in [-0.15, -0.1) is 0 Å². The third kappa shape index (κ3) is 2.69. The number of piperazine rings is 1. The van der Waals surface area contributed by atoms with E-state index in [1.165, 1.54) is 13.0 Å². The lowest BCUT2D eigenvalue weighted by atomic mass is 10.1. The van der Waals surface area contributed by atoms with E-state index in [9.17, 15) is 5.11 Å². The number of aliphatic hydroxyl groups is 1. The van der Waals surface area contributed by atoms with Crippen molar-refractivity contribution in [2.45, 2.75) is 25.5 Å². The first-order chi connectivity index (χ1) is 7.31. The Hall–Kier alpha value is -0.160. The van der Waals surface area contributed by atoms with E-state index in [1.807, 2.05) is 0 Å². The molecule has 4 nitrogen and oxygen atoms in total. The number of hydrogen-bond acceptors (Lipinski definition) is 4. The van der Waals surface area contributed by atoms with Crippen LogP contribution in [0.2, 0.25) is 0 Å². The van der Waals surface area contributed by atoms with Gasteiger partial charge >= 0.3 is 0 Å². The molecule has 2 aliphatic heterocycles. The second-order valence-corrected chi connectivity index (χ2v) is 4.67. The molecule has 0 amide bonds. The average Bonchev–Trinajstić information content (AvgIpc) is 2.66. The Labute approximate surface area is 92.2 Å². The summed E-state index contributed by atoms with van der Waals surface area (Å²) in [6, 6.07) is 0.355. The summed E-state index contributed by atoms with van der Waals surface area (Å²) >= 11 is 0. The van der Waals surface area contributed by atoms with Crippen LogP contribution in [0.25, 0.3) is 0 Å². The highest BCUT2D eigenvalue weighted by atomic mass is 16.3. The van der Waals surface area contributed by atoms with Gasteiger partial charge in [0, 0.05) is 45.3 Å². The van der Waals surface area contributed by atoms with Gasteiger partial charge in [-0.25, -0.2) is 0 Å². The summed E-state index contributed by atoms with van der Waals surface area (Å²) in [5.74, 6) is 0. The van der Waals surface area contributed by atoms with Crippen molar-refractivity contribution in [3.8, 4) is 0 Å². The van der Waals surface area contributed by atoms with Crippen molar-refractivity contribution in [3.05, 3.63) is 0 Å². The van der Waals surface area contributed by atoms with Crippen molar-refractivity contribution in [2.24, 2.45) is 0 Å². The predicted octanol–water partition coefficient (Wildman–Crippen LogP) is -0.653. The molecule has 0 aromatic rings. The quantitative estimate of drug-likeness (QED) is 0.653. The molecule has 2 rings (SSSR count). The molecule has 2 atom stereocenters. The number of aliphatic hydroxyl groups excluding tert-OH is 1. The minimum atomic E-state index is -0.164. The van der Waals surface area contributed by atoms with E-state index in [0.29, 0.717) is 6.04 Å². The van der Waals surface area contributed by atoms with Crippen LogP contribution in [0.1, 0.15) is 13.3 Å². The molecular weight excluding hydrogens is 190 g/mol. The van der Waals surface area contributed by atoms with Crippen molar-refractivity contribution in [1.29, 1.82) is 0 Å². The summed E-state index contributed by atoms with van der Waals surface area (Å²) in [5, 5.41) is 13.0. The van der Waals surface area contributed by atoms with E-state index in [-0.39, 0.29) is 6.10 Å². The normalized spacial score (nSPS) is 34.8. The summed E-state index contributed by atoms with van der Waals surface area (Å²) in [4.78, 5) is 4.96. The molecule has 0 spiro atoms. The van der Waals surface area contributed by atoms with Crippen LogP contribution in [0.15, 0.2) is 0 Å². The highest BCUT2D eigenvalue weighted by Gasteiger charge is 2.32. The topological polar surface area (TPSA) is 38.7 Å². The zero-order chi connectivity index (χ0) is 10.7. The molecule has 15 heavy (non-hydrogen) atoms. The molecule has 2 unspecified atom stereocenters. The minimum absolute atomic E-state index is 0.164. The van der Waals surface area contributed by atoms with Gasteiger partial charge < -0.3 is 15.3 Å². The van der Waals surface area contributed by atoms with Crippen LogP contribution >= 0.6 is 0 Å². The Bertz CT molecular complexity index is 192. The summed E-state index contributed by atoms with van der Waals surface area (Å²) in [5.41, 5.74) is 0. The molecule has 88 valence electrons. The molecule has 0 aromatic carbocycles. The molecule has 2 heterocycles. The number of hydrogen-bond donors (Lipinski definition) is 2. The molecule has 0 radical (unpaired) electrons. The molecule has 2 fully saturated rings. The number of β-amino-alcohol motifs (C(OH)–C–C–N with tert-alkyl or cyclic N) is 1. The third-order valence-corrected chi connectivity index (χ3v) is 3.57. The van der Waals surface area contributed by atoms with Crippen molar-refractivity contribution < 1.29 is 5.11 Å². The third-order valence-electron chi connectivity index (χ3n) is 3.57. The first-order valence-electron chi connectivity index (χ1n) is 6.16. The van der Waals surface area contributed by atoms with E-state index in [1.54, 1.807) is 0 Å². The van der Waals surface area contributed by atoms with Gasteiger partial charge in [-0.3, -0.25) is 4.90 Å². The van der Waals surface area contributed by atoms with Crippen LogP contribution in [-0.4, -0.2) is 72.9 Å². The highest BCUT2D eigenvalue weighted by Crippen LogP contribution is 2.12. The lowest BCUT2D eigenvalue weighted by molar-refractivity contribution is 0.0446. The fourth-order valence-electron chi connectivity index (χ4n) is 2.66. The molecule has 2 saturated heterocycles. The van der Waals surface area contributed by atoms with Crippen LogP contribution < -0.4 is 5.32 Å². The molecule has 0 saturated carbocycles. The maximum absolute atomic E-state index is 9.79. The minimum Gasteiger partial charge on any atom is -0.390 e. The van der Waals surface area contributed by atoms with Crippen molar-refractivity contribution >= 4 is 0 Å². The lowest BCUT2D eigenvalue weighted by Crippen LogP contribution is -2.53. The van der Waals surface area contributed by atoms with E-state index in [0.717, 1.165) is 39.3 Å². The summed E-state index contributed by atoms with van der Waals surface area (Å²) in [6.07, 6.45) is 1.08. The Morgan fingerprint density at radius 3 is 2.47 bits per heavy atom. The van der Waals surface area contributed by atoms with Gasteiger partial charge in [0.25, 0.3) is 0 Å². The second-order valence-electron chi connectivity index (χ2n) is 4.67. The Morgan fingerprint density at radius 2 is 1.93 bits per heavy atom. The monoisotopic (exact) mass is 213 g/mol. The molecule has 2 N–H and O–H groups in total. The fourth-order valence-corrected chi connectivity index (χ4v) is 2.66. The molecule has 0 aliphatic carbocycles. The van der Waals surface area contributed by atoms with Crippen LogP contribution in [-0.2, 0) is 0 Å². The second kappa shape index (κ2) is 5.25. The number of nitrogens with one attached hydrogen (secondary N) is 1. The Morgan fingerprint density at radius 1 is 1.20 bits per heavy atom. The zero-order valence-corrected chi connectivity index (χ0v) is 9.65. The average molecular weight is 213 g/mol. The maximum Gasteiger partial charge on any atom is 0.0831 e. The van der Waals surface area contributed by atoms with Gasteiger partial charge in [-0.1, -0.05) is 6.92 Å². The molecule has 2 aliphatic rings. The van der Waals surface area contributed by atoms with Crippen molar-refractivity contribution in [2.75, 3.05) is 45.8 Å². The van der Waals surface area contributed by atoms with Gasteiger partial charge in [-0.05, 0) is 13.0 Å². The Kier molecular flexibility index (Phi) is 3.97. The maximum atomic E-state index is 9.79. The zero-order valence-electron chi connectivity index (χ0n) is 9.65. The van der Waals surface area contributed by atoms with Gasteiger partial charge in [0.15, 0.2) is 0 Å². The van der Waals surface area contributed by atoms with Gasteiger partial charge in [-0.2, -0.15) is 0 Å². The van der Waals surface area contributed by atoms with Gasteiger partial charge in [0.2, 0.25) is 0 Å². The van der Waals surface area contributed by atoms with E-state index in [2.05, 4.69) is 22.0 Å². The highest BCUT2D eigenvalue weighted by molar-refractivity contribution is 4.90. The molecule has 0 bridgehead atoms. The predicted molar refractivity (Wildman–Crippen MR) is 61.0 cm³/mol. The first-order valence-corrected chi connectivity index (χ1v) is 6.16. The van der Waals surface area contributed by atoms with Crippen LogP contribution in [0, 0.1) is 0 Å². The van der Waals surface area contributed by atoms with Gasteiger partial charge in [0.1, 0.15) is 0 Å². The van der Waals surface area contributed by atoms with Crippen LogP contribution in [0.5, 0.6) is 0 Å². The standard InChI is InChI=1S/C11H23N3O/c1-2-3-13-4-6-14(7-5-13)10-8-12-9-11(10)15/h10-12,15H,2-9H2,1H3. The lowest BCUT2D eigenvalue weighted by Gasteiger charge is -2.38.